The van der Waals surface area contributed by atoms with E-state index >= 15 is 0 Å². The van der Waals surface area contributed by atoms with Gasteiger partial charge >= 0.3 is 0 Å². The molecule has 1 saturated heterocycles. The van der Waals surface area contributed by atoms with Crippen LogP contribution < -0.4 is 5.32 Å². The number of carbonyl (C=O) groups is 1. The number of carbonyl (C=O) groups excluding carboxylic acids is 1. The van der Waals surface area contributed by atoms with Crippen molar-refractivity contribution in [2.45, 2.75) is 31.6 Å². The summed E-state index contributed by atoms with van der Waals surface area (Å²) in [4.78, 5) is 11.9. The second kappa shape index (κ2) is 8.60. The highest BCUT2D eigenvalue weighted by molar-refractivity contribution is 7.89. The van der Waals surface area contributed by atoms with Crippen molar-refractivity contribution in [3.63, 3.8) is 0 Å². The molecule has 1 aromatic carbocycles. The van der Waals surface area contributed by atoms with Crippen LogP contribution in [0.2, 0.25) is 0 Å². The Labute approximate surface area is 144 Å². The van der Waals surface area contributed by atoms with Crippen LogP contribution in [0.3, 0.4) is 0 Å². The highest BCUT2D eigenvalue weighted by Crippen LogP contribution is 2.17. The number of nitrogens with zero attached hydrogens (tertiary/aromatic N) is 1. The molecule has 6 nitrogen and oxygen atoms in total. The Bertz CT molecular complexity index is 635. The molecule has 1 aliphatic rings. The number of rotatable bonds is 7. The third kappa shape index (κ3) is 5.29. The van der Waals surface area contributed by atoms with Crippen molar-refractivity contribution in [2.24, 2.45) is 5.92 Å². The second-order valence-electron chi connectivity index (χ2n) is 6.36. The number of benzene rings is 1. The zero-order valence-electron chi connectivity index (χ0n) is 14.3. The number of hydrogen-bond donors (Lipinski definition) is 1. The van der Waals surface area contributed by atoms with Gasteiger partial charge in [-0.1, -0.05) is 26.0 Å². The second-order valence-corrected chi connectivity index (χ2v) is 8.30. The van der Waals surface area contributed by atoms with Crippen molar-refractivity contribution in [3.8, 4) is 0 Å². The van der Waals surface area contributed by atoms with Crippen LogP contribution in [0.15, 0.2) is 29.2 Å². The molecule has 1 fully saturated rings. The third-order valence-electron chi connectivity index (χ3n) is 3.86. The van der Waals surface area contributed by atoms with Crippen LogP contribution in [0, 0.1) is 5.92 Å². The van der Waals surface area contributed by atoms with Crippen molar-refractivity contribution in [3.05, 3.63) is 29.8 Å². The van der Waals surface area contributed by atoms with Crippen molar-refractivity contribution < 1.29 is 17.9 Å². The number of amides is 1. The lowest BCUT2D eigenvalue weighted by molar-refractivity contribution is -0.121. The van der Waals surface area contributed by atoms with E-state index in [1.54, 1.807) is 12.1 Å². The Morgan fingerprint density at radius 2 is 1.83 bits per heavy atom. The average Bonchev–Trinajstić information content (AvgIpc) is 2.55. The number of hydrogen-bond acceptors (Lipinski definition) is 4. The molecule has 1 amide bonds. The lowest BCUT2D eigenvalue weighted by Gasteiger charge is -2.26. The maximum atomic E-state index is 12.5. The molecule has 0 saturated carbocycles. The van der Waals surface area contributed by atoms with Gasteiger partial charge in [-0.15, -0.1) is 0 Å². The summed E-state index contributed by atoms with van der Waals surface area (Å²) in [6, 6.07) is 6.88. The van der Waals surface area contributed by atoms with E-state index in [9.17, 15) is 13.2 Å². The van der Waals surface area contributed by atoms with Crippen LogP contribution in [-0.4, -0.2) is 51.5 Å². The van der Waals surface area contributed by atoms with E-state index in [0.29, 0.717) is 56.5 Å². The molecular weight excluding hydrogens is 328 g/mol. The first-order valence-electron chi connectivity index (χ1n) is 8.33. The van der Waals surface area contributed by atoms with Crippen LogP contribution in [0.1, 0.15) is 25.8 Å². The van der Waals surface area contributed by atoms with Crippen LogP contribution >= 0.6 is 0 Å². The normalized spacial score (nSPS) is 16.3. The molecule has 1 aromatic rings. The van der Waals surface area contributed by atoms with Crippen molar-refractivity contribution in [1.82, 2.24) is 9.62 Å². The van der Waals surface area contributed by atoms with Gasteiger partial charge in [0.15, 0.2) is 0 Å². The predicted octanol–water partition coefficient (Wildman–Crippen LogP) is 1.41. The summed E-state index contributed by atoms with van der Waals surface area (Å²) in [5, 5.41) is 2.88. The first-order valence-corrected chi connectivity index (χ1v) is 9.77. The lowest BCUT2D eigenvalue weighted by atomic mass is 10.1. The molecule has 0 unspecified atom stereocenters. The largest absolute Gasteiger partial charge is 0.379 e. The van der Waals surface area contributed by atoms with E-state index in [2.05, 4.69) is 5.32 Å². The van der Waals surface area contributed by atoms with Gasteiger partial charge in [-0.3, -0.25) is 4.79 Å². The maximum Gasteiger partial charge on any atom is 0.243 e. The molecule has 2 rings (SSSR count). The van der Waals surface area contributed by atoms with Crippen molar-refractivity contribution >= 4 is 15.9 Å². The van der Waals surface area contributed by atoms with Crippen LogP contribution in [-0.2, 0) is 26.0 Å². The number of ether oxygens (including phenoxy) is 1. The molecule has 0 atom stereocenters. The van der Waals surface area contributed by atoms with E-state index in [0.717, 1.165) is 5.56 Å². The maximum absolute atomic E-state index is 12.5. The molecule has 1 aliphatic heterocycles. The summed E-state index contributed by atoms with van der Waals surface area (Å²) in [5.74, 6) is 0.395. The molecule has 1 heterocycles. The first-order chi connectivity index (χ1) is 11.4. The molecule has 0 aromatic heterocycles. The van der Waals surface area contributed by atoms with Gasteiger partial charge in [0.2, 0.25) is 15.9 Å². The van der Waals surface area contributed by atoms with Crippen molar-refractivity contribution in [1.29, 1.82) is 0 Å². The highest BCUT2D eigenvalue weighted by Gasteiger charge is 2.25. The molecule has 0 aliphatic carbocycles. The number of sulfonamides is 1. The average molecular weight is 354 g/mol. The molecule has 24 heavy (non-hydrogen) atoms. The van der Waals surface area contributed by atoms with E-state index in [-0.39, 0.29) is 5.91 Å². The molecular formula is C17H26N2O4S. The topological polar surface area (TPSA) is 75.7 Å². The molecule has 1 N–H and O–H groups in total. The molecule has 134 valence electrons. The van der Waals surface area contributed by atoms with Crippen LogP contribution in [0.25, 0.3) is 0 Å². The fourth-order valence-corrected chi connectivity index (χ4v) is 3.96. The SMILES string of the molecule is CC(C)CC(=O)NCCc1ccc(S(=O)(=O)N2CCOCC2)cc1. The third-order valence-corrected chi connectivity index (χ3v) is 5.77. The smallest absolute Gasteiger partial charge is 0.243 e. The fourth-order valence-electron chi connectivity index (χ4n) is 2.55. The molecule has 0 radical (unpaired) electrons. The van der Waals surface area contributed by atoms with Gasteiger partial charge in [0.1, 0.15) is 0 Å². The molecule has 0 bridgehead atoms. The number of morpholine rings is 1. The zero-order chi connectivity index (χ0) is 17.6. The van der Waals surface area contributed by atoms with Gasteiger partial charge in [0, 0.05) is 26.1 Å². The first kappa shape index (κ1) is 18.9. The lowest BCUT2D eigenvalue weighted by Crippen LogP contribution is -2.40. The Kier molecular flexibility index (Phi) is 6.77. The Balaban J connectivity index is 1.89. The molecule has 7 heteroatoms. The summed E-state index contributed by atoms with van der Waals surface area (Å²) in [6.45, 7) is 6.24. The summed E-state index contributed by atoms with van der Waals surface area (Å²) in [6.07, 6.45) is 1.21. The summed E-state index contributed by atoms with van der Waals surface area (Å²) in [5.41, 5.74) is 1.00. The van der Waals surface area contributed by atoms with Gasteiger partial charge in [-0.2, -0.15) is 4.31 Å². The minimum atomic E-state index is -3.44. The van der Waals surface area contributed by atoms with Crippen LogP contribution in [0.4, 0.5) is 0 Å². The van der Waals surface area contributed by atoms with Gasteiger partial charge in [-0.05, 0) is 30.0 Å². The quantitative estimate of drug-likeness (QED) is 0.803. The monoisotopic (exact) mass is 354 g/mol. The van der Waals surface area contributed by atoms with Gasteiger partial charge < -0.3 is 10.1 Å². The Morgan fingerprint density at radius 3 is 2.42 bits per heavy atom. The van der Waals surface area contributed by atoms with Gasteiger partial charge in [0.25, 0.3) is 0 Å². The number of nitrogens with one attached hydrogen (secondary N) is 1. The van der Waals surface area contributed by atoms with E-state index < -0.39 is 10.0 Å². The highest BCUT2D eigenvalue weighted by atomic mass is 32.2. The van der Waals surface area contributed by atoms with Crippen LogP contribution in [0.5, 0.6) is 0 Å². The minimum absolute atomic E-state index is 0.0523. The van der Waals surface area contributed by atoms with E-state index in [4.69, 9.17) is 4.74 Å². The summed E-state index contributed by atoms with van der Waals surface area (Å²) >= 11 is 0. The standard InChI is InChI=1S/C17H26N2O4S/c1-14(2)13-17(20)18-8-7-15-3-5-16(6-4-15)24(21,22)19-9-11-23-12-10-19/h3-6,14H,7-13H2,1-2H3,(H,18,20). The van der Waals surface area contributed by atoms with E-state index in [1.165, 1.54) is 4.31 Å². The Hall–Kier alpha value is -1.44. The zero-order valence-corrected chi connectivity index (χ0v) is 15.1. The summed E-state index contributed by atoms with van der Waals surface area (Å²) < 4.78 is 31.7. The minimum Gasteiger partial charge on any atom is -0.379 e. The van der Waals surface area contributed by atoms with Gasteiger partial charge in [0.05, 0.1) is 18.1 Å². The summed E-state index contributed by atoms with van der Waals surface area (Å²) in [7, 11) is -3.44. The fraction of sp³-hybridized carbons (Fsp3) is 0.588. The van der Waals surface area contributed by atoms with Gasteiger partial charge in [-0.25, -0.2) is 8.42 Å². The van der Waals surface area contributed by atoms with Crippen molar-refractivity contribution in [2.75, 3.05) is 32.8 Å². The predicted molar refractivity (Wildman–Crippen MR) is 92.2 cm³/mol. The van der Waals surface area contributed by atoms with E-state index in [1.807, 2.05) is 26.0 Å². The Morgan fingerprint density at radius 1 is 1.21 bits per heavy atom. The molecule has 0 spiro atoms.